The smallest absolute Gasteiger partial charge is 0.326 e. The Morgan fingerprint density at radius 2 is 1.94 bits per heavy atom. The van der Waals surface area contributed by atoms with Crippen molar-refractivity contribution in [3.63, 3.8) is 0 Å². The zero-order valence-corrected chi connectivity index (χ0v) is 9.26. The fraction of sp³-hybridized carbons (Fsp3) is 0.667. The molecule has 88 valence electrons. The van der Waals surface area contributed by atoms with Crippen LogP contribution >= 0.6 is 0 Å². The topological polar surface area (TPSA) is 57.6 Å². The van der Waals surface area contributed by atoms with E-state index in [1.807, 2.05) is 6.08 Å². The molecule has 2 aliphatic rings. The second-order valence-corrected chi connectivity index (χ2v) is 4.58. The lowest BCUT2D eigenvalue weighted by Gasteiger charge is -2.32. The molecule has 0 aromatic carbocycles. The van der Waals surface area contributed by atoms with E-state index >= 15 is 0 Å². The Labute approximate surface area is 94.9 Å². The number of carboxylic acids is 1. The molecule has 1 amide bonds. The highest BCUT2D eigenvalue weighted by Gasteiger charge is 2.31. The molecule has 1 N–H and O–H groups in total. The predicted octanol–water partition coefficient (Wildman–Crippen LogP) is 1.42. The van der Waals surface area contributed by atoms with E-state index in [0.29, 0.717) is 18.9 Å². The maximum atomic E-state index is 11.8. The number of rotatable bonds is 3. The number of aliphatic carboxylic acids is 1. The fourth-order valence-electron chi connectivity index (χ4n) is 2.05. The molecule has 1 aliphatic carbocycles. The largest absolute Gasteiger partial charge is 0.480 e. The molecule has 0 spiro atoms. The van der Waals surface area contributed by atoms with Gasteiger partial charge in [-0.1, -0.05) is 6.08 Å². The highest BCUT2D eigenvalue weighted by Crippen LogP contribution is 2.30. The van der Waals surface area contributed by atoms with E-state index in [4.69, 9.17) is 5.11 Å². The van der Waals surface area contributed by atoms with E-state index in [-0.39, 0.29) is 5.91 Å². The summed E-state index contributed by atoms with van der Waals surface area (Å²) in [5.74, 6) is -0.469. The second kappa shape index (κ2) is 4.68. The third-order valence-corrected chi connectivity index (χ3v) is 3.20. The van der Waals surface area contributed by atoms with Crippen molar-refractivity contribution in [3.05, 3.63) is 12.2 Å². The van der Waals surface area contributed by atoms with Crippen LogP contribution in [0.2, 0.25) is 0 Å². The summed E-state index contributed by atoms with van der Waals surface area (Å²) < 4.78 is 0. The second-order valence-electron chi connectivity index (χ2n) is 4.58. The van der Waals surface area contributed by atoms with Crippen LogP contribution in [0.1, 0.15) is 32.1 Å². The van der Waals surface area contributed by atoms with Gasteiger partial charge in [-0.25, -0.2) is 4.79 Å². The summed E-state index contributed by atoms with van der Waals surface area (Å²) in [7, 11) is 0. The molecule has 1 saturated heterocycles. The highest BCUT2D eigenvalue weighted by atomic mass is 16.4. The zero-order valence-electron chi connectivity index (χ0n) is 9.26. The number of hydrogen-bond acceptors (Lipinski definition) is 2. The molecule has 0 aromatic rings. The standard InChI is InChI=1S/C12H17NO3/c14-11(7-6-9-4-5-9)13-8-2-1-3-10(13)12(15)16/h6-7,9-10H,1-5,8H2,(H,15,16)/b7-6+. The van der Waals surface area contributed by atoms with Crippen molar-refractivity contribution in [1.82, 2.24) is 4.90 Å². The van der Waals surface area contributed by atoms with Gasteiger partial charge in [-0.3, -0.25) is 4.79 Å². The van der Waals surface area contributed by atoms with Gasteiger partial charge in [0.2, 0.25) is 5.91 Å². The average molecular weight is 223 g/mol. The minimum absolute atomic E-state index is 0.140. The summed E-state index contributed by atoms with van der Waals surface area (Å²) in [5, 5.41) is 9.03. The summed E-state index contributed by atoms with van der Waals surface area (Å²) >= 11 is 0. The first-order chi connectivity index (χ1) is 7.68. The number of hydrogen-bond donors (Lipinski definition) is 1. The summed E-state index contributed by atoms with van der Waals surface area (Å²) in [4.78, 5) is 24.3. The molecule has 4 heteroatoms. The van der Waals surface area contributed by atoms with Gasteiger partial charge in [0.25, 0.3) is 0 Å². The van der Waals surface area contributed by atoms with Crippen LogP contribution in [0.5, 0.6) is 0 Å². The van der Waals surface area contributed by atoms with Crippen molar-refractivity contribution in [3.8, 4) is 0 Å². The molecule has 0 aromatic heterocycles. The van der Waals surface area contributed by atoms with Gasteiger partial charge in [0.15, 0.2) is 0 Å². The fourth-order valence-corrected chi connectivity index (χ4v) is 2.05. The average Bonchev–Trinajstić information content (AvgIpc) is 3.09. The van der Waals surface area contributed by atoms with E-state index in [1.165, 1.54) is 4.90 Å². The minimum atomic E-state index is -0.882. The number of likely N-dealkylation sites (tertiary alicyclic amines) is 1. The molecular formula is C12H17NO3. The third kappa shape index (κ3) is 2.62. The molecule has 2 rings (SSSR count). The summed E-state index contributed by atoms with van der Waals surface area (Å²) in [6.07, 6.45) is 8.17. The number of nitrogens with zero attached hydrogens (tertiary/aromatic N) is 1. The van der Waals surface area contributed by atoms with Gasteiger partial charge >= 0.3 is 5.97 Å². The van der Waals surface area contributed by atoms with Crippen LogP contribution in [0, 0.1) is 5.92 Å². The number of carbonyl (C=O) groups excluding carboxylic acids is 1. The van der Waals surface area contributed by atoms with Gasteiger partial charge in [0.05, 0.1) is 0 Å². The Kier molecular flexibility index (Phi) is 3.27. The van der Waals surface area contributed by atoms with Crippen molar-refractivity contribution >= 4 is 11.9 Å². The molecule has 1 heterocycles. The Balaban J connectivity index is 1.98. The van der Waals surface area contributed by atoms with Crippen LogP contribution in [-0.2, 0) is 9.59 Å². The van der Waals surface area contributed by atoms with Crippen molar-refractivity contribution in [2.45, 2.75) is 38.1 Å². The molecule has 2 fully saturated rings. The Bertz CT molecular complexity index is 320. The lowest BCUT2D eigenvalue weighted by Crippen LogP contribution is -2.47. The third-order valence-electron chi connectivity index (χ3n) is 3.20. The van der Waals surface area contributed by atoms with Crippen LogP contribution in [0.25, 0.3) is 0 Å². The summed E-state index contributed by atoms with van der Waals surface area (Å²) in [6, 6.07) is -0.620. The summed E-state index contributed by atoms with van der Waals surface area (Å²) in [6.45, 7) is 0.574. The van der Waals surface area contributed by atoms with E-state index in [1.54, 1.807) is 6.08 Å². The van der Waals surface area contributed by atoms with Crippen molar-refractivity contribution < 1.29 is 14.7 Å². The molecule has 16 heavy (non-hydrogen) atoms. The number of amides is 1. The van der Waals surface area contributed by atoms with Crippen molar-refractivity contribution in [1.29, 1.82) is 0 Å². The molecular weight excluding hydrogens is 206 g/mol. The van der Waals surface area contributed by atoms with Crippen LogP contribution < -0.4 is 0 Å². The normalized spacial score (nSPS) is 26.0. The van der Waals surface area contributed by atoms with Crippen LogP contribution in [-0.4, -0.2) is 34.5 Å². The van der Waals surface area contributed by atoms with Gasteiger partial charge in [0.1, 0.15) is 6.04 Å². The first-order valence-electron chi connectivity index (χ1n) is 5.90. The van der Waals surface area contributed by atoms with Gasteiger partial charge in [-0.15, -0.1) is 0 Å². The van der Waals surface area contributed by atoms with Gasteiger partial charge in [0, 0.05) is 6.54 Å². The maximum absolute atomic E-state index is 11.8. The molecule has 0 radical (unpaired) electrons. The summed E-state index contributed by atoms with van der Waals surface area (Å²) in [5.41, 5.74) is 0. The van der Waals surface area contributed by atoms with E-state index in [0.717, 1.165) is 25.7 Å². The predicted molar refractivity (Wildman–Crippen MR) is 58.9 cm³/mol. The maximum Gasteiger partial charge on any atom is 0.326 e. The van der Waals surface area contributed by atoms with E-state index in [9.17, 15) is 9.59 Å². The number of allylic oxidation sites excluding steroid dienone is 1. The monoisotopic (exact) mass is 223 g/mol. The lowest BCUT2D eigenvalue weighted by molar-refractivity contribution is -0.150. The molecule has 1 saturated carbocycles. The van der Waals surface area contributed by atoms with Crippen LogP contribution in [0.4, 0.5) is 0 Å². The Morgan fingerprint density at radius 1 is 1.19 bits per heavy atom. The Morgan fingerprint density at radius 3 is 2.56 bits per heavy atom. The quantitative estimate of drug-likeness (QED) is 0.736. The molecule has 1 aliphatic heterocycles. The lowest BCUT2D eigenvalue weighted by atomic mass is 10.0. The van der Waals surface area contributed by atoms with Gasteiger partial charge in [-0.2, -0.15) is 0 Å². The van der Waals surface area contributed by atoms with Crippen molar-refractivity contribution in [2.24, 2.45) is 5.92 Å². The van der Waals surface area contributed by atoms with Gasteiger partial charge in [-0.05, 0) is 44.1 Å². The molecule has 4 nitrogen and oxygen atoms in total. The first kappa shape index (κ1) is 11.2. The minimum Gasteiger partial charge on any atom is -0.480 e. The van der Waals surface area contributed by atoms with Gasteiger partial charge < -0.3 is 10.0 Å². The number of carbonyl (C=O) groups is 2. The van der Waals surface area contributed by atoms with Crippen LogP contribution in [0.3, 0.4) is 0 Å². The molecule has 1 unspecified atom stereocenters. The number of piperidine rings is 1. The highest BCUT2D eigenvalue weighted by molar-refractivity contribution is 5.91. The van der Waals surface area contributed by atoms with E-state index < -0.39 is 12.0 Å². The first-order valence-corrected chi connectivity index (χ1v) is 5.90. The zero-order chi connectivity index (χ0) is 11.5. The molecule has 1 atom stereocenters. The van der Waals surface area contributed by atoms with Crippen LogP contribution in [0.15, 0.2) is 12.2 Å². The Hall–Kier alpha value is -1.32. The molecule has 0 bridgehead atoms. The van der Waals surface area contributed by atoms with E-state index in [2.05, 4.69) is 0 Å². The SMILES string of the molecule is O=C(O)C1CCCCN1C(=O)/C=C/C1CC1. The number of carboxylic acid groups (broad SMARTS) is 1. The van der Waals surface area contributed by atoms with Crippen molar-refractivity contribution in [2.75, 3.05) is 6.54 Å².